The molecule has 0 aliphatic carbocycles. The van der Waals surface area contributed by atoms with Gasteiger partial charge in [-0.05, 0) is 48.2 Å². The maximum absolute atomic E-state index is 8.98. The molecule has 20 heavy (non-hydrogen) atoms. The molecular weight excluding hydrogens is 246 g/mol. The van der Waals surface area contributed by atoms with E-state index in [-0.39, 0.29) is 0 Å². The third-order valence-corrected chi connectivity index (χ3v) is 3.75. The lowest BCUT2D eigenvalue weighted by Crippen LogP contribution is -2.28. The normalized spacial score (nSPS) is 13.7. The van der Waals surface area contributed by atoms with E-state index in [1.807, 2.05) is 24.3 Å². The Hall–Kier alpha value is -2.47. The molecule has 2 aromatic carbocycles. The smallest absolute Gasteiger partial charge is 0.0991 e. The van der Waals surface area contributed by atoms with E-state index in [1.165, 1.54) is 16.8 Å². The summed E-state index contributed by atoms with van der Waals surface area (Å²) >= 11 is 0. The van der Waals surface area contributed by atoms with Crippen molar-refractivity contribution in [2.45, 2.75) is 19.4 Å². The summed E-state index contributed by atoms with van der Waals surface area (Å²) in [5, 5.41) is 8.98. The van der Waals surface area contributed by atoms with Gasteiger partial charge in [-0.15, -0.1) is 0 Å². The van der Waals surface area contributed by atoms with Crippen molar-refractivity contribution in [2.75, 3.05) is 17.2 Å². The summed E-state index contributed by atoms with van der Waals surface area (Å²) in [6.07, 6.45) is 2.28. The molecule has 0 aromatic heterocycles. The van der Waals surface area contributed by atoms with Crippen molar-refractivity contribution in [3.63, 3.8) is 0 Å². The summed E-state index contributed by atoms with van der Waals surface area (Å²) in [5.74, 6) is 0. The second kappa shape index (κ2) is 5.26. The molecule has 2 N–H and O–H groups in total. The SMILES string of the molecule is N#Cc1cccc(CN2CCCc3ccc(N)cc32)c1. The quantitative estimate of drug-likeness (QED) is 0.847. The fraction of sp³-hybridized carbons (Fsp3) is 0.235. The van der Waals surface area contributed by atoms with Crippen LogP contribution in [0.15, 0.2) is 42.5 Å². The number of fused-ring (bicyclic) bond motifs is 1. The molecule has 0 unspecified atom stereocenters. The summed E-state index contributed by atoms with van der Waals surface area (Å²) < 4.78 is 0. The van der Waals surface area contributed by atoms with Gasteiger partial charge >= 0.3 is 0 Å². The molecule has 3 rings (SSSR count). The van der Waals surface area contributed by atoms with Gasteiger partial charge in [-0.2, -0.15) is 5.26 Å². The number of nitrogens with two attached hydrogens (primary N) is 1. The minimum Gasteiger partial charge on any atom is -0.399 e. The van der Waals surface area contributed by atoms with Crippen LogP contribution < -0.4 is 10.6 Å². The molecule has 0 fully saturated rings. The Morgan fingerprint density at radius 2 is 2.10 bits per heavy atom. The Bertz CT molecular complexity index is 670. The molecule has 0 bridgehead atoms. The van der Waals surface area contributed by atoms with E-state index in [9.17, 15) is 0 Å². The fourth-order valence-electron chi connectivity index (χ4n) is 2.79. The first-order valence-corrected chi connectivity index (χ1v) is 6.88. The molecule has 0 radical (unpaired) electrons. The number of nitrogens with zero attached hydrogens (tertiary/aromatic N) is 2. The third-order valence-electron chi connectivity index (χ3n) is 3.75. The van der Waals surface area contributed by atoms with Crippen LogP contribution in [0.5, 0.6) is 0 Å². The van der Waals surface area contributed by atoms with E-state index in [0.29, 0.717) is 5.56 Å². The van der Waals surface area contributed by atoms with Crippen molar-refractivity contribution in [1.29, 1.82) is 5.26 Å². The monoisotopic (exact) mass is 263 g/mol. The van der Waals surface area contributed by atoms with Crippen LogP contribution in [-0.2, 0) is 13.0 Å². The standard InChI is InChI=1S/C17H17N3/c18-11-13-3-1-4-14(9-13)12-20-8-2-5-15-6-7-16(19)10-17(15)20/h1,3-4,6-7,9-10H,2,5,8,12,19H2. The summed E-state index contributed by atoms with van der Waals surface area (Å²) in [4.78, 5) is 2.35. The average Bonchev–Trinajstić information content (AvgIpc) is 2.48. The molecule has 0 atom stereocenters. The molecule has 0 spiro atoms. The molecule has 0 amide bonds. The first kappa shape index (κ1) is 12.6. The Morgan fingerprint density at radius 3 is 2.95 bits per heavy atom. The predicted octanol–water partition coefficient (Wildman–Crippen LogP) is 3.09. The number of nitriles is 1. The van der Waals surface area contributed by atoms with E-state index in [4.69, 9.17) is 11.0 Å². The largest absolute Gasteiger partial charge is 0.399 e. The Kier molecular flexibility index (Phi) is 3.30. The van der Waals surface area contributed by atoms with Gasteiger partial charge in [-0.3, -0.25) is 0 Å². The molecule has 1 aliphatic rings. The molecule has 3 nitrogen and oxygen atoms in total. The minimum atomic E-state index is 0.715. The molecule has 100 valence electrons. The van der Waals surface area contributed by atoms with Crippen LogP contribution in [0.4, 0.5) is 11.4 Å². The zero-order valence-electron chi connectivity index (χ0n) is 11.3. The van der Waals surface area contributed by atoms with Gasteiger partial charge in [-0.1, -0.05) is 18.2 Å². The lowest BCUT2D eigenvalue weighted by Gasteiger charge is -2.31. The van der Waals surface area contributed by atoms with Crippen LogP contribution >= 0.6 is 0 Å². The van der Waals surface area contributed by atoms with Gasteiger partial charge in [0.05, 0.1) is 11.6 Å². The summed E-state index contributed by atoms with van der Waals surface area (Å²) in [7, 11) is 0. The molecule has 0 saturated carbocycles. The summed E-state index contributed by atoms with van der Waals surface area (Å²) in [6, 6.07) is 16.2. The van der Waals surface area contributed by atoms with E-state index < -0.39 is 0 Å². The summed E-state index contributed by atoms with van der Waals surface area (Å²) in [6.45, 7) is 1.86. The zero-order valence-corrected chi connectivity index (χ0v) is 11.3. The number of anilines is 2. The van der Waals surface area contributed by atoms with Gasteiger partial charge in [-0.25, -0.2) is 0 Å². The van der Waals surface area contributed by atoms with Crippen LogP contribution in [0.1, 0.15) is 23.1 Å². The highest BCUT2D eigenvalue weighted by atomic mass is 15.1. The average molecular weight is 263 g/mol. The highest BCUT2D eigenvalue weighted by Crippen LogP contribution is 2.30. The number of hydrogen-bond acceptors (Lipinski definition) is 3. The van der Waals surface area contributed by atoms with Gasteiger partial charge < -0.3 is 10.6 Å². The third kappa shape index (κ3) is 2.46. The molecule has 3 heteroatoms. The number of aryl methyl sites for hydroxylation is 1. The molecule has 2 aromatic rings. The van der Waals surface area contributed by atoms with Crippen LogP contribution in [0.3, 0.4) is 0 Å². The number of hydrogen-bond donors (Lipinski definition) is 1. The highest BCUT2D eigenvalue weighted by Gasteiger charge is 2.17. The van der Waals surface area contributed by atoms with E-state index >= 15 is 0 Å². The van der Waals surface area contributed by atoms with Gasteiger partial charge in [0.25, 0.3) is 0 Å². The topological polar surface area (TPSA) is 53.0 Å². The van der Waals surface area contributed by atoms with Crippen LogP contribution in [-0.4, -0.2) is 6.54 Å². The fourth-order valence-corrected chi connectivity index (χ4v) is 2.79. The minimum absolute atomic E-state index is 0.715. The van der Waals surface area contributed by atoms with Crippen LogP contribution in [0, 0.1) is 11.3 Å². The van der Waals surface area contributed by atoms with E-state index in [2.05, 4.69) is 29.2 Å². The van der Waals surface area contributed by atoms with Crippen molar-refractivity contribution >= 4 is 11.4 Å². The van der Waals surface area contributed by atoms with E-state index in [1.54, 1.807) is 0 Å². The van der Waals surface area contributed by atoms with E-state index in [0.717, 1.165) is 31.6 Å². The molecule has 1 aliphatic heterocycles. The van der Waals surface area contributed by atoms with Crippen LogP contribution in [0.2, 0.25) is 0 Å². The van der Waals surface area contributed by atoms with Gasteiger partial charge in [0.1, 0.15) is 0 Å². The lowest BCUT2D eigenvalue weighted by molar-refractivity contribution is 0.691. The second-order valence-electron chi connectivity index (χ2n) is 5.23. The van der Waals surface area contributed by atoms with Gasteiger partial charge in [0.2, 0.25) is 0 Å². The zero-order chi connectivity index (χ0) is 13.9. The molecule has 0 saturated heterocycles. The Morgan fingerprint density at radius 1 is 1.20 bits per heavy atom. The predicted molar refractivity (Wildman–Crippen MR) is 81.4 cm³/mol. The highest BCUT2D eigenvalue weighted by molar-refractivity contribution is 5.62. The van der Waals surface area contributed by atoms with Gasteiger partial charge in [0.15, 0.2) is 0 Å². The maximum Gasteiger partial charge on any atom is 0.0991 e. The first-order valence-electron chi connectivity index (χ1n) is 6.88. The number of nitrogen functional groups attached to an aromatic ring is 1. The summed E-state index contributed by atoms with van der Waals surface area (Å²) in [5.41, 5.74) is 11.2. The van der Waals surface area contributed by atoms with Crippen molar-refractivity contribution < 1.29 is 0 Å². The molecule has 1 heterocycles. The van der Waals surface area contributed by atoms with Crippen LogP contribution in [0.25, 0.3) is 0 Å². The molecular formula is C17H17N3. The first-order chi connectivity index (χ1) is 9.76. The van der Waals surface area contributed by atoms with Gasteiger partial charge in [0, 0.05) is 24.5 Å². The van der Waals surface area contributed by atoms with Crippen molar-refractivity contribution in [1.82, 2.24) is 0 Å². The van der Waals surface area contributed by atoms with Crippen molar-refractivity contribution in [2.24, 2.45) is 0 Å². The number of benzene rings is 2. The second-order valence-corrected chi connectivity index (χ2v) is 5.23. The van der Waals surface area contributed by atoms with Crippen molar-refractivity contribution in [3.8, 4) is 6.07 Å². The number of rotatable bonds is 2. The Balaban J connectivity index is 1.89. The lowest BCUT2D eigenvalue weighted by atomic mass is 10.00. The Labute approximate surface area is 119 Å². The maximum atomic E-state index is 8.98. The van der Waals surface area contributed by atoms with Crippen molar-refractivity contribution in [3.05, 3.63) is 59.2 Å².